The van der Waals surface area contributed by atoms with Crippen LogP contribution in [0.2, 0.25) is 10.0 Å². The first-order valence-electron chi connectivity index (χ1n) is 9.18. The third-order valence-corrected chi connectivity index (χ3v) is 6.41. The summed E-state index contributed by atoms with van der Waals surface area (Å²) in [5.41, 5.74) is 4.45. The van der Waals surface area contributed by atoms with Crippen LogP contribution in [0.15, 0.2) is 59.3 Å². The summed E-state index contributed by atoms with van der Waals surface area (Å²) in [4.78, 5) is 15.1. The molecule has 1 atom stereocenters. The highest BCUT2D eigenvalue weighted by Crippen LogP contribution is 2.29. The lowest BCUT2D eigenvalue weighted by Crippen LogP contribution is -2.40. The number of rotatable bonds is 5. The van der Waals surface area contributed by atoms with Crippen LogP contribution in [0.3, 0.4) is 0 Å². The molecule has 0 saturated heterocycles. The molecule has 4 rings (SSSR count). The molecular formula is C22H20Cl2N2OS. The van der Waals surface area contributed by atoms with Crippen LogP contribution in [0.1, 0.15) is 33.1 Å². The van der Waals surface area contributed by atoms with E-state index in [0.29, 0.717) is 22.2 Å². The zero-order valence-electron chi connectivity index (χ0n) is 15.2. The molecule has 6 heteroatoms. The van der Waals surface area contributed by atoms with Crippen LogP contribution in [0.4, 0.5) is 0 Å². The number of hydrogen-bond acceptors (Lipinski definition) is 3. The van der Waals surface area contributed by atoms with Crippen LogP contribution in [0, 0.1) is 0 Å². The number of hydrogen-bond donors (Lipinski definition) is 1. The van der Waals surface area contributed by atoms with Crippen LogP contribution in [0.5, 0.6) is 0 Å². The summed E-state index contributed by atoms with van der Waals surface area (Å²) in [6, 6.07) is 15.8. The number of nitrogens with one attached hydrogen (secondary N) is 1. The molecule has 0 aliphatic carbocycles. The standard InChI is InChI=1S/C22H20Cl2N2OS/c23-18-5-6-19(20(24)11-18)22(27)25-12-21(17-8-10-28-14-17)26-9-7-15-3-1-2-4-16(15)13-26/h1-6,8,10-11,14,21H,7,9,12-13H2,(H,25,27). The van der Waals surface area contributed by atoms with Gasteiger partial charge in [0, 0.05) is 24.7 Å². The van der Waals surface area contributed by atoms with Crippen molar-refractivity contribution >= 4 is 40.4 Å². The van der Waals surface area contributed by atoms with E-state index < -0.39 is 0 Å². The van der Waals surface area contributed by atoms with Gasteiger partial charge < -0.3 is 5.32 Å². The predicted octanol–water partition coefficient (Wildman–Crippen LogP) is 5.58. The number of fused-ring (bicyclic) bond motifs is 1. The molecule has 1 aliphatic rings. The van der Waals surface area contributed by atoms with Gasteiger partial charge >= 0.3 is 0 Å². The van der Waals surface area contributed by atoms with Gasteiger partial charge in [0.1, 0.15) is 0 Å². The van der Waals surface area contributed by atoms with Crippen molar-refractivity contribution in [2.45, 2.75) is 19.0 Å². The Morgan fingerprint density at radius 1 is 1.14 bits per heavy atom. The van der Waals surface area contributed by atoms with Gasteiger partial charge in [-0.2, -0.15) is 11.3 Å². The minimum atomic E-state index is -0.181. The first-order chi connectivity index (χ1) is 13.6. The molecule has 144 valence electrons. The first kappa shape index (κ1) is 19.5. The molecule has 2 heterocycles. The molecule has 1 N–H and O–H groups in total. The Labute approximate surface area is 178 Å². The number of halogens is 2. The number of carbonyl (C=O) groups excluding carboxylic acids is 1. The largest absolute Gasteiger partial charge is 0.350 e. The monoisotopic (exact) mass is 430 g/mol. The van der Waals surface area contributed by atoms with Crippen molar-refractivity contribution in [3.8, 4) is 0 Å². The van der Waals surface area contributed by atoms with E-state index in [0.717, 1.165) is 19.5 Å². The molecule has 1 amide bonds. The highest BCUT2D eigenvalue weighted by atomic mass is 35.5. The summed E-state index contributed by atoms with van der Waals surface area (Å²) in [6.45, 7) is 2.38. The molecule has 1 aromatic heterocycles. The van der Waals surface area contributed by atoms with Gasteiger partial charge in [-0.3, -0.25) is 9.69 Å². The summed E-state index contributed by atoms with van der Waals surface area (Å²) in [6.07, 6.45) is 1.02. The van der Waals surface area contributed by atoms with E-state index in [2.05, 4.69) is 51.3 Å². The average Bonchev–Trinajstić information content (AvgIpc) is 3.22. The number of nitrogens with zero attached hydrogens (tertiary/aromatic N) is 1. The molecule has 28 heavy (non-hydrogen) atoms. The van der Waals surface area contributed by atoms with Crippen molar-refractivity contribution < 1.29 is 4.79 Å². The molecule has 1 aliphatic heterocycles. The molecule has 1 unspecified atom stereocenters. The molecule has 3 nitrogen and oxygen atoms in total. The van der Waals surface area contributed by atoms with Gasteiger partial charge in [0.05, 0.1) is 16.6 Å². The summed E-state index contributed by atoms with van der Waals surface area (Å²) in [7, 11) is 0. The lowest BCUT2D eigenvalue weighted by Gasteiger charge is -2.35. The van der Waals surface area contributed by atoms with Gasteiger partial charge in [0.25, 0.3) is 5.91 Å². The zero-order chi connectivity index (χ0) is 19.5. The Kier molecular flexibility index (Phi) is 6.02. The second-order valence-electron chi connectivity index (χ2n) is 6.90. The third-order valence-electron chi connectivity index (χ3n) is 5.16. The third kappa shape index (κ3) is 4.26. The predicted molar refractivity (Wildman–Crippen MR) is 116 cm³/mol. The molecule has 3 aromatic rings. The van der Waals surface area contributed by atoms with E-state index in [4.69, 9.17) is 23.2 Å². The van der Waals surface area contributed by atoms with Gasteiger partial charge in [-0.05, 0) is 58.1 Å². The van der Waals surface area contributed by atoms with Gasteiger partial charge in [0.15, 0.2) is 0 Å². The Bertz CT molecular complexity index is 974. The van der Waals surface area contributed by atoms with Gasteiger partial charge in [-0.1, -0.05) is 47.5 Å². The van der Waals surface area contributed by atoms with E-state index in [1.165, 1.54) is 16.7 Å². The minimum absolute atomic E-state index is 0.120. The van der Waals surface area contributed by atoms with Crippen LogP contribution >= 0.6 is 34.5 Å². The van der Waals surface area contributed by atoms with E-state index in [-0.39, 0.29) is 11.9 Å². The van der Waals surface area contributed by atoms with E-state index >= 15 is 0 Å². The van der Waals surface area contributed by atoms with Crippen LogP contribution in [-0.2, 0) is 13.0 Å². The lowest BCUT2D eigenvalue weighted by molar-refractivity contribution is 0.0928. The number of amides is 1. The van der Waals surface area contributed by atoms with Gasteiger partial charge in [0.2, 0.25) is 0 Å². The van der Waals surface area contributed by atoms with Crippen LogP contribution in [-0.4, -0.2) is 23.9 Å². The Morgan fingerprint density at radius 3 is 2.71 bits per heavy atom. The number of thiophene rings is 1. The van der Waals surface area contributed by atoms with E-state index in [9.17, 15) is 4.79 Å². The number of benzene rings is 2. The molecule has 0 bridgehead atoms. The maximum atomic E-state index is 12.7. The quantitative estimate of drug-likeness (QED) is 0.572. The highest BCUT2D eigenvalue weighted by molar-refractivity contribution is 7.08. The minimum Gasteiger partial charge on any atom is -0.350 e. The molecular weight excluding hydrogens is 411 g/mol. The fourth-order valence-electron chi connectivity index (χ4n) is 3.66. The zero-order valence-corrected chi connectivity index (χ0v) is 17.5. The summed E-state index contributed by atoms with van der Waals surface area (Å²) < 4.78 is 0. The smallest absolute Gasteiger partial charge is 0.252 e. The summed E-state index contributed by atoms with van der Waals surface area (Å²) in [5.74, 6) is -0.181. The van der Waals surface area contributed by atoms with Crippen LogP contribution < -0.4 is 5.32 Å². The van der Waals surface area contributed by atoms with Crippen molar-refractivity contribution in [3.63, 3.8) is 0 Å². The van der Waals surface area contributed by atoms with Crippen molar-refractivity contribution in [3.05, 3.63) is 91.6 Å². The van der Waals surface area contributed by atoms with Crippen molar-refractivity contribution in [1.29, 1.82) is 0 Å². The maximum absolute atomic E-state index is 12.7. The first-order valence-corrected chi connectivity index (χ1v) is 10.9. The lowest BCUT2D eigenvalue weighted by atomic mass is 9.97. The number of carbonyl (C=O) groups is 1. The Morgan fingerprint density at radius 2 is 1.96 bits per heavy atom. The average molecular weight is 431 g/mol. The normalized spacial score (nSPS) is 15.1. The molecule has 0 radical (unpaired) electrons. The fraction of sp³-hybridized carbons (Fsp3) is 0.227. The van der Waals surface area contributed by atoms with E-state index in [1.807, 2.05) is 0 Å². The summed E-state index contributed by atoms with van der Waals surface area (Å²) in [5, 5.41) is 8.19. The van der Waals surface area contributed by atoms with E-state index in [1.54, 1.807) is 29.5 Å². The molecule has 0 fully saturated rings. The maximum Gasteiger partial charge on any atom is 0.252 e. The van der Waals surface area contributed by atoms with Crippen molar-refractivity contribution in [2.24, 2.45) is 0 Å². The Balaban J connectivity index is 1.51. The fourth-order valence-corrected chi connectivity index (χ4v) is 4.87. The van der Waals surface area contributed by atoms with Crippen LogP contribution in [0.25, 0.3) is 0 Å². The topological polar surface area (TPSA) is 32.3 Å². The molecule has 0 spiro atoms. The second kappa shape index (κ2) is 8.66. The van der Waals surface area contributed by atoms with Gasteiger partial charge in [-0.25, -0.2) is 0 Å². The van der Waals surface area contributed by atoms with Crippen molar-refractivity contribution in [1.82, 2.24) is 10.2 Å². The van der Waals surface area contributed by atoms with Crippen molar-refractivity contribution in [2.75, 3.05) is 13.1 Å². The summed E-state index contributed by atoms with van der Waals surface area (Å²) >= 11 is 13.8. The van der Waals surface area contributed by atoms with Gasteiger partial charge in [-0.15, -0.1) is 0 Å². The molecule has 0 saturated carbocycles. The second-order valence-corrected chi connectivity index (χ2v) is 8.52. The Hall–Kier alpha value is -1.85. The SMILES string of the molecule is O=C(NCC(c1ccsc1)N1CCc2ccccc2C1)c1ccc(Cl)cc1Cl. The molecule has 2 aromatic carbocycles. The highest BCUT2D eigenvalue weighted by Gasteiger charge is 2.26.